The molecule has 0 atom stereocenters. The Labute approximate surface area is 113 Å². The van der Waals surface area contributed by atoms with Gasteiger partial charge in [0, 0.05) is 10.6 Å². The quantitative estimate of drug-likeness (QED) is 0.641. The number of hydrazone groups is 1. The molecule has 98 valence electrons. The number of benzene rings is 1. The fraction of sp³-hybridized carbons (Fsp3) is 0.0909. The van der Waals surface area contributed by atoms with Gasteiger partial charge in [-0.15, -0.1) is 0 Å². The number of carbonyl (C=O) groups excluding carboxylic acids is 1. The normalized spacial score (nSPS) is 10.8. The number of amides is 1. The van der Waals surface area contributed by atoms with Gasteiger partial charge in [-0.2, -0.15) is 5.10 Å². The summed E-state index contributed by atoms with van der Waals surface area (Å²) in [5.41, 5.74) is 8.73. The Bertz CT molecular complexity index is 611. The third-order valence-corrected chi connectivity index (χ3v) is 2.56. The molecule has 0 saturated heterocycles. The fourth-order valence-corrected chi connectivity index (χ4v) is 1.47. The van der Waals surface area contributed by atoms with Gasteiger partial charge in [-0.25, -0.2) is 10.1 Å². The van der Waals surface area contributed by atoms with Crippen molar-refractivity contribution in [2.75, 3.05) is 5.73 Å². The number of nitrogens with two attached hydrogens (primary N) is 1. The zero-order chi connectivity index (χ0) is 13.7. The van der Waals surface area contributed by atoms with E-state index in [0.29, 0.717) is 10.6 Å². The van der Waals surface area contributed by atoms with Crippen molar-refractivity contribution in [1.29, 1.82) is 0 Å². The molecule has 0 fully saturated rings. The van der Waals surface area contributed by atoms with E-state index in [1.165, 1.54) is 6.21 Å². The molecule has 2 rings (SSSR count). The molecule has 1 aromatic carbocycles. The van der Waals surface area contributed by atoms with Crippen LogP contribution >= 0.6 is 11.6 Å². The lowest BCUT2D eigenvalue weighted by Crippen LogP contribution is -2.20. The SMILES string of the molecule is Nc1nonc1CC(=O)N/N=C\c1ccccc1Cl. The van der Waals surface area contributed by atoms with E-state index < -0.39 is 0 Å². The van der Waals surface area contributed by atoms with Crippen molar-refractivity contribution in [2.24, 2.45) is 5.10 Å². The maximum absolute atomic E-state index is 11.5. The summed E-state index contributed by atoms with van der Waals surface area (Å²) in [6, 6.07) is 7.12. The molecule has 0 aliphatic heterocycles. The first kappa shape index (κ1) is 13.0. The van der Waals surface area contributed by atoms with Crippen LogP contribution in [0.4, 0.5) is 5.82 Å². The first-order valence-corrected chi connectivity index (χ1v) is 5.68. The van der Waals surface area contributed by atoms with Gasteiger partial charge in [-0.1, -0.05) is 35.0 Å². The van der Waals surface area contributed by atoms with E-state index in [4.69, 9.17) is 17.3 Å². The minimum Gasteiger partial charge on any atom is -0.379 e. The summed E-state index contributed by atoms with van der Waals surface area (Å²) in [7, 11) is 0. The van der Waals surface area contributed by atoms with Crippen LogP contribution in [-0.4, -0.2) is 22.4 Å². The van der Waals surface area contributed by atoms with Gasteiger partial charge in [-0.3, -0.25) is 4.79 Å². The van der Waals surface area contributed by atoms with E-state index in [-0.39, 0.29) is 23.8 Å². The molecular formula is C11H10ClN5O2. The highest BCUT2D eigenvalue weighted by Crippen LogP contribution is 2.12. The first-order chi connectivity index (χ1) is 9.16. The van der Waals surface area contributed by atoms with Crippen molar-refractivity contribution in [3.63, 3.8) is 0 Å². The van der Waals surface area contributed by atoms with Gasteiger partial charge in [-0.05, 0) is 11.2 Å². The van der Waals surface area contributed by atoms with Crippen molar-refractivity contribution >= 4 is 29.5 Å². The van der Waals surface area contributed by atoms with Crippen LogP contribution in [0.15, 0.2) is 34.0 Å². The second-order valence-electron chi connectivity index (χ2n) is 3.59. The molecule has 1 heterocycles. The number of halogens is 1. The number of carbonyl (C=O) groups is 1. The maximum atomic E-state index is 11.5. The summed E-state index contributed by atoms with van der Waals surface area (Å²) >= 11 is 5.92. The Morgan fingerprint density at radius 1 is 1.47 bits per heavy atom. The number of anilines is 1. The molecule has 0 spiro atoms. The molecule has 1 amide bonds. The third-order valence-electron chi connectivity index (χ3n) is 2.21. The molecule has 2 aromatic rings. The van der Waals surface area contributed by atoms with Crippen LogP contribution < -0.4 is 11.2 Å². The number of nitrogens with zero attached hydrogens (tertiary/aromatic N) is 3. The molecule has 0 bridgehead atoms. The lowest BCUT2D eigenvalue weighted by Gasteiger charge is -1.98. The largest absolute Gasteiger partial charge is 0.379 e. The van der Waals surface area contributed by atoms with E-state index in [0.717, 1.165) is 0 Å². The maximum Gasteiger partial charge on any atom is 0.246 e. The topological polar surface area (TPSA) is 106 Å². The highest BCUT2D eigenvalue weighted by atomic mass is 35.5. The molecule has 7 nitrogen and oxygen atoms in total. The Hall–Kier alpha value is -2.41. The number of aromatic nitrogens is 2. The Morgan fingerprint density at radius 3 is 2.95 bits per heavy atom. The van der Waals surface area contributed by atoms with E-state index in [1.54, 1.807) is 18.2 Å². The average Bonchev–Trinajstić information content (AvgIpc) is 2.77. The molecule has 0 aliphatic rings. The van der Waals surface area contributed by atoms with Crippen LogP contribution in [0.25, 0.3) is 0 Å². The molecule has 3 N–H and O–H groups in total. The van der Waals surface area contributed by atoms with Crippen molar-refractivity contribution in [3.8, 4) is 0 Å². The van der Waals surface area contributed by atoms with E-state index in [2.05, 4.69) is 25.5 Å². The second-order valence-corrected chi connectivity index (χ2v) is 3.99. The summed E-state index contributed by atoms with van der Waals surface area (Å²) < 4.78 is 4.37. The Morgan fingerprint density at radius 2 is 2.26 bits per heavy atom. The number of hydrogen-bond acceptors (Lipinski definition) is 6. The lowest BCUT2D eigenvalue weighted by molar-refractivity contribution is -0.120. The predicted molar refractivity (Wildman–Crippen MR) is 69.6 cm³/mol. The van der Waals surface area contributed by atoms with Crippen LogP contribution in [-0.2, 0) is 11.2 Å². The van der Waals surface area contributed by atoms with Gasteiger partial charge < -0.3 is 5.73 Å². The number of rotatable bonds is 4. The minimum atomic E-state index is -0.384. The molecule has 1 aromatic heterocycles. The lowest BCUT2D eigenvalue weighted by atomic mass is 10.2. The van der Waals surface area contributed by atoms with Gasteiger partial charge in [0.2, 0.25) is 5.91 Å². The van der Waals surface area contributed by atoms with Crippen molar-refractivity contribution in [2.45, 2.75) is 6.42 Å². The molecule has 0 radical (unpaired) electrons. The van der Waals surface area contributed by atoms with E-state index >= 15 is 0 Å². The number of hydrogen-bond donors (Lipinski definition) is 2. The van der Waals surface area contributed by atoms with Gasteiger partial charge in [0.1, 0.15) is 5.69 Å². The summed E-state index contributed by atoms with van der Waals surface area (Å²) in [6.45, 7) is 0. The minimum absolute atomic E-state index is 0.0603. The molecule has 0 saturated carbocycles. The Balaban J connectivity index is 1.91. The summed E-state index contributed by atoms with van der Waals surface area (Å²) in [5, 5.41) is 11.2. The van der Waals surface area contributed by atoms with Crippen LogP contribution in [0.3, 0.4) is 0 Å². The van der Waals surface area contributed by atoms with Crippen molar-refractivity contribution in [1.82, 2.24) is 15.7 Å². The summed E-state index contributed by atoms with van der Waals surface area (Å²) in [6.07, 6.45) is 1.39. The highest BCUT2D eigenvalue weighted by Gasteiger charge is 2.10. The zero-order valence-electron chi connectivity index (χ0n) is 9.71. The monoisotopic (exact) mass is 279 g/mol. The summed E-state index contributed by atoms with van der Waals surface area (Å²) in [4.78, 5) is 11.5. The summed E-state index contributed by atoms with van der Waals surface area (Å²) in [5.74, 6) is -0.295. The molecule has 0 aliphatic carbocycles. The van der Waals surface area contributed by atoms with Gasteiger partial charge in [0.05, 0.1) is 12.6 Å². The highest BCUT2D eigenvalue weighted by molar-refractivity contribution is 6.33. The van der Waals surface area contributed by atoms with Gasteiger partial charge >= 0.3 is 0 Å². The van der Waals surface area contributed by atoms with Crippen LogP contribution in [0.2, 0.25) is 5.02 Å². The average molecular weight is 280 g/mol. The van der Waals surface area contributed by atoms with Crippen LogP contribution in [0.5, 0.6) is 0 Å². The van der Waals surface area contributed by atoms with Gasteiger partial charge in [0.15, 0.2) is 5.82 Å². The zero-order valence-corrected chi connectivity index (χ0v) is 10.5. The van der Waals surface area contributed by atoms with Crippen LogP contribution in [0, 0.1) is 0 Å². The standard InChI is InChI=1S/C11H10ClN5O2/c12-8-4-2-1-3-7(8)6-14-15-10(18)5-9-11(13)17-19-16-9/h1-4,6H,5H2,(H2,13,17)(H,15,18)/b14-6-. The molecule has 19 heavy (non-hydrogen) atoms. The Kier molecular flexibility index (Phi) is 4.09. The van der Waals surface area contributed by atoms with Gasteiger partial charge in [0.25, 0.3) is 0 Å². The number of nitrogens with one attached hydrogen (secondary N) is 1. The van der Waals surface area contributed by atoms with Crippen LogP contribution in [0.1, 0.15) is 11.3 Å². The number of nitrogen functional groups attached to an aromatic ring is 1. The van der Waals surface area contributed by atoms with Crippen molar-refractivity contribution < 1.29 is 9.42 Å². The molecular weight excluding hydrogens is 270 g/mol. The second kappa shape index (κ2) is 5.96. The predicted octanol–water partition coefficient (Wildman–Crippen LogP) is 0.998. The van der Waals surface area contributed by atoms with E-state index in [9.17, 15) is 4.79 Å². The first-order valence-electron chi connectivity index (χ1n) is 5.30. The smallest absolute Gasteiger partial charge is 0.246 e. The fourth-order valence-electron chi connectivity index (χ4n) is 1.28. The van der Waals surface area contributed by atoms with E-state index in [1.807, 2.05) is 6.07 Å². The third kappa shape index (κ3) is 3.52. The van der Waals surface area contributed by atoms with Crippen molar-refractivity contribution in [3.05, 3.63) is 40.5 Å². The molecule has 0 unspecified atom stereocenters. The molecule has 8 heteroatoms.